The van der Waals surface area contributed by atoms with Gasteiger partial charge in [0.1, 0.15) is 17.4 Å². The first-order valence-electron chi connectivity index (χ1n) is 9.51. The predicted octanol–water partition coefficient (Wildman–Crippen LogP) is 3.12. The molecule has 2 heterocycles. The summed E-state index contributed by atoms with van der Waals surface area (Å²) >= 11 is 0. The van der Waals surface area contributed by atoms with Crippen LogP contribution in [0, 0.1) is 0 Å². The number of amides is 1. The molecule has 0 fully saturated rings. The molecule has 1 atom stereocenters. The van der Waals surface area contributed by atoms with E-state index in [2.05, 4.69) is 10.1 Å². The first-order chi connectivity index (χ1) is 14.5. The van der Waals surface area contributed by atoms with E-state index in [4.69, 9.17) is 14.0 Å². The van der Waals surface area contributed by atoms with E-state index in [0.717, 1.165) is 5.69 Å². The summed E-state index contributed by atoms with van der Waals surface area (Å²) in [5.74, 6) is 0.877. The molecule has 1 aromatic carbocycles. The third-order valence-corrected chi connectivity index (χ3v) is 4.74. The monoisotopic (exact) mass is 411 g/mol. The average molecular weight is 411 g/mol. The number of benzene rings is 1. The molecule has 0 saturated carbocycles. The zero-order chi connectivity index (χ0) is 21.7. The van der Waals surface area contributed by atoms with Crippen molar-refractivity contribution >= 4 is 5.91 Å². The number of hydrogen-bond acceptors (Lipinski definition) is 7. The van der Waals surface area contributed by atoms with E-state index in [1.54, 1.807) is 43.5 Å². The molecule has 0 spiro atoms. The summed E-state index contributed by atoms with van der Waals surface area (Å²) in [6.45, 7) is 1.98. The van der Waals surface area contributed by atoms with Crippen LogP contribution in [-0.4, -0.2) is 53.9 Å². The number of aliphatic hydroxyl groups is 1. The fourth-order valence-electron chi connectivity index (χ4n) is 3.10. The fraction of sp³-hybridized carbons (Fsp3) is 0.318. The van der Waals surface area contributed by atoms with Crippen molar-refractivity contribution in [1.29, 1.82) is 0 Å². The van der Waals surface area contributed by atoms with Gasteiger partial charge in [0, 0.05) is 37.5 Å². The number of nitrogens with zero attached hydrogens (tertiary/aromatic N) is 3. The molecule has 0 radical (unpaired) electrons. The fourth-order valence-corrected chi connectivity index (χ4v) is 3.10. The lowest BCUT2D eigenvalue weighted by Crippen LogP contribution is -2.30. The van der Waals surface area contributed by atoms with Gasteiger partial charge in [0.2, 0.25) is 0 Å². The topological polar surface area (TPSA) is 97.9 Å². The van der Waals surface area contributed by atoms with Crippen molar-refractivity contribution in [3.05, 3.63) is 59.6 Å². The molecule has 1 N–H and O–H groups in total. The summed E-state index contributed by atoms with van der Waals surface area (Å²) < 4.78 is 16.0. The Labute approximate surface area is 175 Å². The predicted molar refractivity (Wildman–Crippen MR) is 111 cm³/mol. The highest BCUT2D eigenvalue weighted by molar-refractivity contribution is 6.01. The third-order valence-electron chi connectivity index (χ3n) is 4.74. The largest absolute Gasteiger partial charge is 0.493 e. The highest BCUT2D eigenvalue weighted by Crippen LogP contribution is 2.35. The summed E-state index contributed by atoms with van der Waals surface area (Å²) in [5, 5.41) is 14.2. The summed E-state index contributed by atoms with van der Waals surface area (Å²) in [7, 11) is 4.77. The van der Waals surface area contributed by atoms with Crippen molar-refractivity contribution < 1.29 is 23.9 Å². The molecule has 8 heteroatoms. The number of ether oxygens (including phenoxy) is 2. The van der Waals surface area contributed by atoms with Gasteiger partial charge in [-0.1, -0.05) is 11.2 Å². The van der Waals surface area contributed by atoms with Crippen LogP contribution in [-0.2, 0) is 6.42 Å². The smallest absolute Gasteiger partial charge is 0.259 e. The minimum absolute atomic E-state index is 0.120. The molecule has 2 aromatic heterocycles. The number of methoxy groups -OCH3 is 2. The molecule has 3 aromatic rings. The molecular formula is C22H25N3O5. The standard InChI is InChI=1S/C22H25N3O5/c1-14(26)21-19(22(27)25(2)12-10-16-7-5-6-11-23-16)20(24-30-21)15-8-9-17(28-3)18(13-15)29-4/h5-9,11,13-14,26H,10,12H2,1-4H3/t14-/m0/s1. The van der Waals surface area contributed by atoms with Crippen molar-refractivity contribution in [3.63, 3.8) is 0 Å². The van der Waals surface area contributed by atoms with Crippen molar-refractivity contribution in [2.45, 2.75) is 19.4 Å². The van der Waals surface area contributed by atoms with Gasteiger partial charge in [0.05, 0.1) is 14.2 Å². The lowest BCUT2D eigenvalue weighted by atomic mass is 10.0. The number of aliphatic hydroxyl groups excluding tert-OH is 1. The van der Waals surface area contributed by atoms with Gasteiger partial charge >= 0.3 is 0 Å². The van der Waals surface area contributed by atoms with Crippen LogP contribution in [0.1, 0.15) is 34.8 Å². The molecule has 0 aliphatic rings. The van der Waals surface area contributed by atoms with Crippen molar-refractivity contribution in [2.24, 2.45) is 0 Å². The molecule has 158 valence electrons. The molecule has 30 heavy (non-hydrogen) atoms. The van der Waals surface area contributed by atoms with E-state index in [0.29, 0.717) is 35.7 Å². The zero-order valence-electron chi connectivity index (χ0n) is 17.5. The number of likely N-dealkylation sites (N-methyl/N-ethyl adjacent to an activating group) is 1. The number of carbonyl (C=O) groups excluding carboxylic acids is 1. The van der Waals surface area contributed by atoms with Crippen molar-refractivity contribution in [3.8, 4) is 22.8 Å². The molecular weight excluding hydrogens is 386 g/mol. The Morgan fingerprint density at radius 2 is 1.97 bits per heavy atom. The van der Waals surface area contributed by atoms with Crippen LogP contribution in [0.2, 0.25) is 0 Å². The van der Waals surface area contributed by atoms with E-state index in [1.165, 1.54) is 14.0 Å². The first kappa shape index (κ1) is 21.3. The summed E-state index contributed by atoms with van der Waals surface area (Å²) in [5.41, 5.74) is 2.06. The van der Waals surface area contributed by atoms with Gasteiger partial charge in [-0.05, 0) is 37.3 Å². The van der Waals surface area contributed by atoms with Crippen LogP contribution in [0.5, 0.6) is 11.5 Å². The zero-order valence-corrected chi connectivity index (χ0v) is 17.5. The second-order valence-corrected chi connectivity index (χ2v) is 6.81. The summed E-state index contributed by atoms with van der Waals surface area (Å²) in [6.07, 6.45) is 1.33. The second kappa shape index (κ2) is 9.41. The van der Waals surface area contributed by atoms with Gasteiger partial charge in [-0.25, -0.2) is 0 Å². The van der Waals surface area contributed by atoms with E-state index >= 15 is 0 Å². The average Bonchev–Trinajstić information content (AvgIpc) is 3.22. The Kier molecular flexibility index (Phi) is 6.68. The minimum atomic E-state index is -0.991. The van der Waals surface area contributed by atoms with Gasteiger partial charge < -0.3 is 24.0 Å². The number of pyridine rings is 1. The van der Waals surface area contributed by atoms with E-state index in [1.807, 2.05) is 18.2 Å². The highest BCUT2D eigenvalue weighted by atomic mass is 16.5. The lowest BCUT2D eigenvalue weighted by Gasteiger charge is -2.18. The van der Waals surface area contributed by atoms with Gasteiger partial charge in [-0.15, -0.1) is 0 Å². The van der Waals surface area contributed by atoms with Gasteiger partial charge in [0.15, 0.2) is 17.3 Å². The van der Waals surface area contributed by atoms with Gasteiger partial charge in [-0.3, -0.25) is 9.78 Å². The molecule has 0 unspecified atom stereocenters. The summed E-state index contributed by atoms with van der Waals surface area (Å²) in [6, 6.07) is 10.9. The highest BCUT2D eigenvalue weighted by Gasteiger charge is 2.29. The Bertz CT molecular complexity index is 1000. The van der Waals surface area contributed by atoms with E-state index in [-0.39, 0.29) is 17.2 Å². The molecule has 8 nitrogen and oxygen atoms in total. The Morgan fingerprint density at radius 1 is 1.20 bits per heavy atom. The Morgan fingerprint density at radius 3 is 2.60 bits per heavy atom. The van der Waals surface area contributed by atoms with Crippen LogP contribution >= 0.6 is 0 Å². The normalized spacial score (nSPS) is 11.8. The van der Waals surface area contributed by atoms with Crippen LogP contribution < -0.4 is 9.47 Å². The SMILES string of the molecule is COc1ccc(-c2noc([C@H](C)O)c2C(=O)N(C)CCc2ccccn2)cc1OC. The maximum atomic E-state index is 13.3. The summed E-state index contributed by atoms with van der Waals surface area (Å²) in [4.78, 5) is 19.1. The molecule has 1 amide bonds. The van der Waals surface area contributed by atoms with Crippen LogP contribution in [0.3, 0.4) is 0 Å². The second-order valence-electron chi connectivity index (χ2n) is 6.81. The quantitative estimate of drug-likeness (QED) is 0.608. The maximum absolute atomic E-state index is 13.3. The molecule has 0 bridgehead atoms. The van der Waals surface area contributed by atoms with E-state index < -0.39 is 6.10 Å². The number of rotatable bonds is 8. The van der Waals surface area contributed by atoms with E-state index in [9.17, 15) is 9.90 Å². The first-order valence-corrected chi connectivity index (χ1v) is 9.51. The number of carbonyl (C=O) groups is 1. The molecule has 0 saturated heterocycles. The Balaban J connectivity index is 1.93. The van der Waals surface area contributed by atoms with Crippen LogP contribution in [0.4, 0.5) is 0 Å². The minimum Gasteiger partial charge on any atom is -0.493 e. The maximum Gasteiger partial charge on any atom is 0.259 e. The molecule has 0 aliphatic carbocycles. The molecule has 0 aliphatic heterocycles. The van der Waals surface area contributed by atoms with Gasteiger partial charge in [-0.2, -0.15) is 0 Å². The molecule has 3 rings (SSSR count). The van der Waals surface area contributed by atoms with Gasteiger partial charge in [0.25, 0.3) is 5.91 Å². The Hall–Kier alpha value is -3.39. The third kappa shape index (κ3) is 4.44. The number of aromatic nitrogens is 2. The van der Waals surface area contributed by atoms with Crippen molar-refractivity contribution in [1.82, 2.24) is 15.0 Å². The van der Waals surface area contributed by atoms with Crippen LogP contribution in [0.25, 0.3) is 11.3 Å². The van der Waals surface area contributed by atoms with Crippen LogP contribution in [0.15, 0.2) is 47.1 Å². The number of hydrogen-bond donors (Lipinski definition) is 1. The van der Waals surface area contributed by atoms with Crippen molar-refractivity contribution in [2.75, 3.05) is 27.8 Å². The lowest BCUT2D eigenvalue weighted by molar-refractivity contribution is 0.0784.